The van der Waals surface area contributed by atoms with E-state index >= 15 is 0 Å². The molecule has 1 aromatic heterocycles. The van der Waals surface area contributed by atoms with Crippen molar-refractivity contribution in [3.63, 3.8) is 0 Å². The number of carboxylic acids is 1. The molecule has 1 N–H and O–H groups in total. The van der Waals surface area contributed by atoms with Gasteiger partial charge in [-0.25, -0.2) is 4.79 Å². The monoisotopic (exact) mass is 413 g/mol. The number of pyridine rings is 1. The van der Waals surface area contributed by atoms with Crippen molar-refractivity contribution in [3.8, 4) is 22.8 Å². The van der Waals surface area contributed by atoms with Crippen LogP contribution in [0.4, 0.5) is 0 Å². The van der Waals surface area contributed by atoms with Crippen molar-refractivity contribution in [2.75, 3.05) is 26.9 Å². The Morgan fingerprint density at radius 1 is 1.33 bits per heavy atom. The molecule has 7 heteroatoms. The summed E-state index contributed by atoms with van der Waals surface area (Å²) in [4.78, 5) is 24.1. The second-order valence-electron chi connectivity index (χ2n) is 8.17. The van der Waals surface area contributed by atoms with Crippen molar-refractivity contribution in [2.24, 2.45) is 5.92 Å². The normalized spacial score (nSPS) is 16.6. The average Bonchev–Trinajstić information content (AvgIpc) is 3.19. The number of ether oxygens (including phenoxy) is 3. The number of fused-ring (bicyclic) bond motifs is 5. The van der Waals surface area contributed by atoms with E-state index in [1.165, 1.54) is 12.3 Å². The van der Waals surface area contributed by atoms with Gasteiger partial charge in [0.1, 0.15) is 5.56 Å². The molecule has 0 bridgehead atoms. The Bertz CT molecular complexity index is 1040. The van der Waals surface area contributed by atoms with Crippen molar-refractivity contribution in [2.45, 2.75) is 39.2 Å². The summed E-state index contributed by atoms with van der Waals surface area (Å²) < 4.78 is 19.0. The van der Waals surface area contributed by atoms with E-state index < -0.39 is 11.4 Å². The van der Waals surface area contributed by atoms with Gasteiger partial charge in [-0.3, -0.25) is 4.79 Å². The highest BCUT2D eigenvalue weighted by Crippen LogP contribution is 2.48. The summed E-state index contributed by atoms with van der Waals surface area (Å²) in [6.07, 6.45) is 3.76. The zero-order valence-electron chi connectivity index (χ0n) is 17.6. The molecule has 2 aromatic rings. The number of hydrogen-bond donors (Lipinski definition) is 1. The van der Waals surface area contributed by atoms with Crippen LogP contribution in [0.3, 0.4) is 0 Å². The predicted octanol–water partition coefficient (Wildman–Crippen LogP) is 3.32. The zero-order chi connectivity index (χ0) is 21.4. The van der Waals surface area contributed by atoms with Gasteiger partial charge in [0.05, 0.1) is 18.9 Å². The summed E-state index contributed by atoms with van der Waals surface area (Å²) in [7, 11) is 1.67. The smallest absolute Gasteiger partial charge is 0.341 e. The molecule has 30 heavy (non-hydrogen) atoms. The molecule has 3 heterocycles. The minimum atomic E-state index is -1.20. The number of aromatic carboxylic acids is 1. The number of benzene rings is 1. The zero-order valence-corrected chi connectivity index (χ0v) is 17.6. The van der Waals surface area contributed by atoms with E-state index in [4.69, 9.17) is 14.2 Å². The number of aromatic nitrogens is 1. The lowest BCUT2D eigenvalue weighted by molar-refractivity contribution is 0.0694. The number of hydrogen-bond acceptors (Lipinski definition) is 5. The Morgan fingerprint density at radius 3 is 2.83 bits per heavy atom. The highest BCUT2D eigenvalue weighted by Gasteiger charge is 2.33. The van der Waals surface area contributed by atoms with Gasteiger partial charge in [0.25, 0.3) is 0 Å². The maximum absolute atomic E-state index is 12.5. The maximum atomic E-state index is 12.5. The average molecular weight is 413 g/mol. The summed E-state index contributed by atoms with van der Waals surface area (Å²) in [6, 6.07) is 3.54. The summed E-state index contributed by atoms with van der Waals surface area (Å²) in [5.74, 6) is 0.530. The first-order chi connectivity index (χ1) is 14.4. The van der Waals surface area contributed by atoms with Crippen LogP contribution in [0.5, 0.6) is 11.5 Å². The Morgan fingerprint density at radius 2 is 2.13 bits per heavy atom. The summed E-state index contributed by atoms with van der Waals surface area (Å²) >= 11 is 0. The van der Waals surface area contributed by atoms with Crippen LogP contribution in [0.2, 0.25) is 0 Å². The van der Waals surface area contributed by atoms with Gasteiger partial charge in [0, 0.05) is 56.0 Å². The van der Waals surface area contributed by atoms with E-state index in [2.05, 4.69) is 13.8 Å². The third kappa shape index (κ3) is 3.47. The van der Waals surface area contributed by atoms with Crippen LogP contribution >= 0.6 is 0 Å². The molecular weight excluding hydrogens is 386 g/mol. The molecule has 2 aliphatic heterocycles. The van der Waals surface area contributed by atoms with Gasteiger partial charge in [0.2, 0.25) is 0 Å². The fourth-order valence-electron chi connectivity index (χ4n) is 4.44. The Balaban J connectivity index is 1.86. The largest absolute Gasteiger partial charge is 0.490 e. The molecule has 7 nitrogen and oxygen atoms in total. The molecule has 0 aliphatic carbocycles. The lowest BCUT2D eigenvalue weighted by Gasteiger charge is -2.34. The van der Waals surface area contributed by atoms with Crippen LogP contribution < -0.4 is 14.9 Å². The van der Waals surface area contributed by atoms with E-state index in [1.807, 2.05) is 10.6 Å². The highest BCUT2D eigenvalue weighted by molar-refractivity contribution is 5.88. The summed E-state index contributed by atoms with van der Waals surface area (Å²) in [5, 5.41) is 9.44. The molecule has 0 spiro atoms. The summed E-state index contributed by atoms with van der Waals surface area (Å²) in [5.41, 5.74) is 3.22. The van der Waals surface area contributed by atoms with Gasteiger partial charge in [0.15, 0.2) is 16.9 Å². The number of carbonyl (C=O) groups is 1. The van der Waals surface area contributed by atoms with Crippen LogP contribution in [-0.2, 0) is 17.6 Å². The second kappa shape index (κ2) is 8.14. The molecule has 0 unspecified atom stereocenters. The van der Waals surface area contributed by atoms with E-state index in [-0.39, 0.29) is 17.5 Å². The molecule has 1 atom stereocenters. The second-order valence-corrected chi connectivity index (χ2v) is 8.17. The molecule has 0 fully saturated rings. The minimum Gasteiger partial charge on any atom is -0.490 e. The topological polar surface area (TPSA) is 87.0 Å². The quantitative estimate of drug-likeness (QED) is 0.701. The van der Waals surface area contributed by atoms with E-state index in [9.17, 15) is 14.7 Å². The van der Waals surface area contributed by atoms with Gasteiger partial charge in [-0.15, -0.1) is 0 Å². The van der Waals surface area contributed by atoms with E-state index in [0.717, 1.165) is 53.1 Å². The number of methoxy groups -OCH3 is 1. The first-order valence-electron chi connectivity index (χ1n) is 10.4. The van der Waals surface area contributed by atoms with Gasteiger partial charge >= 0.3 is 5.97 Å². The van der Waals surface area contributed by atoms with Gasteiger partial charge < -0.3 is 23.9 Å². The third-order valence-electron chi connectivity index (χ3n) is 5.90. The van der Waals surface area contributed by atoms with Gasteiger partial charge in [-0.1, -0.05) is 13.8 Å². The van der Waals surface area contributed by atoms with Crippen LogP contribution in [0, 0.1) is 5.92 Å². The molecule has 1 aromatic carbocycles. The predicted molar refractivity (Wildman–Crippen MR) is 112 cm³/mol. The van der Waals surface area contributed by atoms with Crippen molar-refractivity contribution < 1.29 is 24.1 Å². The number of carboxylic acid groups (broad SMARTS) is 1. The van der Waals surface area contributed by atoms with Crippen LogP contribution in [0.15, 0.2) is 23.1 Å². The van der Waals surface area contributed by atoms with Crippen molar-refractivity contribution >= 4 is 5.97 Å². The minimum absolute atomic E-state index is 0.0490. The third-order valence-corrected chi connectivity index (χ3v) is 5.90. The van der Waals surface area contributed by atoms with Crippen molar-refractivity contribution in [3.05, 3.63) is 45.2 Å². The van der Waals surface area contributed by atoms with Gasteiger partial charge in [-0.2, -0.15) is 0 Å². The van der Waals surface area contributed by atoms with E-state index in [1.54, 1.807) is 7.11 Å². The fourth-order valence-corrected chi connectivity index (χ4v) is 4.44. The van der Waals surface area contributed by atoms with Crippen LogP contribution in [-0.4, -0.2) is 42.6 Å². The molecule has 0 radical (unpaired) electrons. The first-order valence-corrected chi connectivity index (χ1v) is 10.4. The van der Waals surface area contributed by atoms with Crippen LogP contribution in [0.1, 0.15) is 47.8 Å². The molecule has 160 valence electrons. The van der Waals surface area contributed by atoms with Crippen LogP contribution in [0.25, 0.3) is 11.3 Å². The first kappa shape index (κ1) is 20.5. The molecule has 0 saturated carbocycles. The molecule has 2 aliphatic rings. The van der Waals surface area contributed by atoms with Crippen molar-refractivity contribution in [1.29, 1.82) is 0 Å². The van der Waals surface area contributed by atoms with E-state index in [0.29, 0.717) is 19.8 Å². The Kier molecular flexibility index (Phi) is 5.56. The molecular formula is C23H27NO6. The number of nitrogens with zero attached hydrogens (tertiary/aromatic N) is 1. The Hall–Kier alpha value is -2.80. The molecule has 4 rings (SSSR count). The maximum Gasteiger partial charge on any atom is 0.341 e. The van der Waals surface area contributed by atoms with Crippen molar-refractivity contribution in [1.82, 2.24) is 4.57 Å². The summed E-state index contributed by atoms with van der Waals surface area (Å²) in [6.45, 7) is 5.94. The standard InChI is InChI=1S/C23H27NO6/c1-13(2)17-9-14-10-20(29-7-4-6-28-3)22-15(5-8-30-22)21(14)18-11-19(25)16(23(26)27)12-24(17)18/h10-13,17H,4-9H2,1-3H3,(H,26,27)/t17-/m0/s1. The SMILES string of the molecule is COCCCOc1cc2c(c3c1OCC3)-c1cc(=O)c(C(=O)O)cn1[C@H](C(C)C)C2. The fraction of sp³-hybridized carbons (Fsp3) is 0.478. The lowest BCUT2D eigenvalue weighted by atomic mass is 9.84. The van der Waals surface area contributed by atoms with Gasteiger partial charge in [-0.05, 0) is 24.0 Å². The Labute approximate surface area is 175 Å². The lowest BCUT2D eigenvalue weighted by Crippen LogP contribution is -2.28. The highest BCUT2D eigenvalue weighted by atomic mass is 16.5. The molecule has 0 saturated heterocycles. The molecule has 0 amide bonds. The number of rotatable bonds is 7.